The molecule has 0 N–H and O–H groups in total. The molecular formula is C16H18N2O6. The normalized spacial score (nSPS) is 17.5. The molecule has 0 radical (unpaired) electrons. The second-order valence-electron chi connectivity index (χ2n) is 5.66. The highest BCUT2D eigenvalue weighted by atomic mass is 16.6. The number of cyclic esters (lactones) is 1. The molecule has 2 heterocycles. The number of rotatable bonds is 6. The van der Waals surface area contributed by atoms with Gasteiger partial charge in [-0.25, -0.2) is 9.69 Å². The average Bonchev–Trinajstić information content (AvgIpc) is 2.87. The number of benzene rings is 1. The highest BCUT2D eigenvalue weighted by molar-refractivity contribution is 5.97. The van der Waals surface area contributed by atoms with Crippen molar-refractivity contribution >= 4 is 17.9 Å². The zero-order valence-corrected chi connectivity index (χ0v) is 13.3. The summed E-state index contributed by atoms with van der Waals surface area (Å²) in [5, 5.41) is 0. The Hall–Kier alpha value is -2.77. The summed E-state index contributed by atoms with van der Waals surface area (Å²) in [6.07, 6.45) is -0.607. The average molecular weight is 334 g/mol. The lowest BCUT2D eigenvalue weighted by atomic mass is 9.99. The molecule has 3 amide bonds. The molecule has 2 saturated heterocycles. The lowest BCUT2D eigenvalue weighted by molar-refractivity contribution is -0.140. The minimum Gasteiger partial charge on any atom is -0.493 e. The largest absolute Gasteiger partial charge is 0.493 e. The van der Waals surface area contributed by atoms with Gasteiger partial charge in [0.1, 0.15) is 0 Å². The van der Waals surface area contributed by atoms with Gasteiger partial charge in [0.15, 0.2) is 24.7 Å². The fourth-order valence-corrected chi connectivity index (χ4v) is 2.67. The predicted molar refractivity (Wildman–Crippen MR) is 81.6 cm³/mol. The summed E-state index contributed by atoms with van der Waals surface area (Å²) in [6.45, 7) is 0.990. The molecule has 2 aliphatic rings. The third kappa shape index (κ3) is 3.27. The number of likely N-dealkylation sites (tertiary alicyclic amines) is 1. The third-order valence-electron chi connectivity index (χ3n) is 4.01. The molecule has 0 bridgehead atoms. The van der Waals surface area contributed by atoms with E-state index in [0.717, 1.165) is 4.90 Å². The van der Waals surface area contributed by atoms with Crippen LogP contribution in [0.2, 0.25) is 0 Å². The van der Waals surface area contributed by atoms with Gasteiger partial charge in [0.25, 0.3) is 11.8 Å². The van der Waals surface area contributed by atoms with E-state index < -0.39 is 6.09 Å². The molecule has 2 fully saturated rings. The van der Waals surface area contributed by atoms with E-state index in [4.69, 9.17) is 9.47 Å². The fourth-order valence-electron chi connectivity index (χ4n) is 2.67. The van der Waals surface area contributed by atoms with Gasteiger partial charge >= 0.3 is 6.09 Å². The minimum atomic E-state index is -0.607. The topological polar surface area (TPSA) is 85.4 Å². The van der Waals surface area contributed by atoms with E-state index in [1.165, 1.54) is 7.11 Å². The van der Waals surface area contributed by atoms with E-state index in [1.54, 1.807) is 23.1 Å². The molecule has 0 aliphatic carbocycles. The summed E-state index contributed by atoms with van der Waals surface area (Å²) in [6, 6.07) is 7.10. The molecular weight excluding hydrogens is 316 g/mol. The summed E-state index contributed by atoms with van der Waals surface area (Å²) >= 11 is 0. The molecule has 0 atom stereocenters. The Morgan fingerprint density at radius 2 is 1.96 bits per heavy atom. The van der Waals surface area contributed by atoms with Crippen molar-refractivity contribution < 1.29 is 28.6 Å². The van der Waals surface area contributed by atoms with Crippen molar-refractivity contribution in [3.05, 3.63) is 24.3 Å². The van der Waals surface area contributed by atoms with Gasteiger partial charge in [-0.1, -0.05) is 12.1 Å². The van der Waals surface area contributed by atoms with Gasteiger partial charge in [-0.3, -0.25) is 9.59 Å². The molecule has 24 heavy (non-hydrogen) atoms. The molecule has 128 valence electrons. The number of hydrogen-bond donors (Lipinski definition) is 0. The van der Waals surface area contributed by atoms with Crippen LogP contribution in [0.3, 0.4) is 0 Å². The van der Waals surface area contributed by atoms with Crippen LogP contribution in [0.15, 0.2) is 24.3 Å². The van der Waals surface area contributed by atoms with Crippen LogP contribution >= 0.6 is 0 Å². The number of ether oxygens (including phenoxy) is 3. The number of carbonyl (C=O) groups is 3. The van der Waals surface area contributed by atoms with E-state index in [1.807, 2.05) is 6.07 Å². The first-order valence-corrected chi connectivity index (χ1v) is 7.59. The summed E-state index contributed by atoms with van der Waals surface area (Å²) < 4.78 is 15.3. The second-order valence-corrected chi connectivity index (χ2v) is 5.66. The quantitative estimate of drug-likeness (QED) is 0.754. The van der Waals surface area contributed by atoms with E-state index in [9.17, 15) is 14.4 Å². The summed E-state index contributed by atoms with van der Waals surface area (Å²) in [5.74, 6) is 0.681. The molecule has 0 unspecified atom stereocenters. The van der Waals surface area contributed by atoms with Crippen molar-refractivity contribution in [3.63, 3.8) is 0 Å². The van der Waals surface area contributed by atoms with Crippen LogP contribution in [-0.2, 0) is 14.3 Å². The van der Waals surface area contributed by atoms with Gasteiger partial charge in [0, 0.05) is 25.6 Å². The SMILES string of the molecule is COc1ccccc1OCC(=O)N1CC(CN2C(=O)COC2=O)C1. The van der Waals surface area contributed by atoms with E-state index in [2.05, 4.69) is 4.74 Å². The molecule has 0 saturated carbocycles. The molecule has 1 aromatic carbocycles. The molecule has 8 heteroatoms. The zero-order chi connectivity index (χ0) is 17.1. The number of para-hydroxylation sites is 2. The Morgan fingerprint density at radius 1 is 1.25 bits per heavy atom. The number of nitrogens with zero attached hydrogens (tertiary/aromatic N) is 2. The summed E-state index contributed by atoms with van der Waals surface area (Å²) in [4.78, 5) is 37.7. The monoisotopic (exact) mass is 334 g/mol. The number of methoxy groups -OCH3 is 1. The summed E-state index contributed by atoms with van der Waals surface area (Å²) in [5.41, 5.74) is 0. The number of imide groups is 1. The maximum absolute atomic E-state index is 12.1. The van der Waals surface area contributed by atoms with Crippen molar-refractivity contribution in [3.8, 4) is 11.5 Å². The zero-order valence-electron chi connectivity index (χ0n) is 13.3. The van der Waals surface area contributed by atoms with Crippen LogP contribution in [-0.4, -0.2) is 67.7 Å². The minimum absolute atomic E-state index is 0.0785. The number of amides is 3. The summed E-state index contributed by atoms with van der Waals surface area (Å²) in [7, 11) is 1.54. The molecule has 2 aliphatic heterocycles. The maximum atomic E-state index is 12.1. The molecule has 0 spiro atoms. The molecule has 1 aromatic rings. The number of hydrogen-bond acceptors (Lipinski definition) is 6. The first-order valence-electron chi connectivity index (χ1n) is 7.59. The lowest BCUT2D eigenvalue weighted by Crippen LogP contribution is -2.55. The van der Waals surface area contributed by atoms with Crippen molar-refractivity contribution in [1.82, 2.24) is 9.80 Å². The third-order valence-corrected chi connectivity index (χ3v) is 4.01. The van der Waals surface area contributed by atoms with E-state index in [0.29, 0.717) is 24.6 Å². The van der Waals surface area contributed by atoms with Gasteiger partial charge in [0.2, 0.25) is 0 Å². The lowest BCUT2D eigenvalue weighted by Gasteiger charge is -2.40. The highest BCUT2D eigenvalue weighted by Crippen LogP contribution is 2.26. The second kappa shape index (κ2) is 6.77. The van der Waals surface area contributed by atoms with Crippen LogP contribution in [0.5, 0.6) is 11.5 Å². The molecule has 0 aromatic heterocycles. The maximum Gasteiger partial charge on any atom is 0.417 e. The van der Waals surface area contributed by atoms with Crippen LogP contribution in [0.4, 0.5) is 4.79 Å². The van der Waals surface area contributed by atoms with Gasteiger partial charge in [-0.15, -0.1) is 0 Å². The Kier molecular flexibility index (Phi) is 4.54. The van der Waals surface area contributed by atoms with E-state index >= 15 is 0 Å². The molecule has 3 rings (SSSR count). The smallest absolute Gasteiger partial charge is 0.417 e. The highest BCUT2D eigenvalue weighted by Gasteiger charge is 2.38. The Labute approximate surface area is 138 Å². The van der Waals surface area contributed by atoms with Crippen molar-refractivity contribution in [2.24, 2.45) is 5.92 Å². The van der Waals surface area contributed by atoms with Crippen molar-refractivity contribution in [1.29, 1.82) is 0 Å². The van der Waals surface area contributed by atoms with Crippen LogP contribution in [0, 0.1) is 5.92 Å². The Morgan fingerprint density at radius 3 is 2.58 bits per heavy atom. The first kappa shape index (κ1) is 16.1. The van der Waals surface area contributed by atoms with Gasteiger partial charge in [0.05, 0.1) is 7.11 Å². The van der Waals surface area contributed by atoms with Crippen LogP contribution in [0.1, 0.15) is 0 Å². The van der Waals surface area contributed by atoms with Gasteiger partial charge in [-0.2, -0.15) is 0 Å². The molecule has 8 nitrogen and oxygen atoms in total. The van der Waals surface area contributed by atoms with Crippen LogP contribution < -0.4 is 9.47 Å². The standard InChI is InChI=1S/C16H18N2O6/c1-22-12-4-2-3-5-13(12)23-9-14(19)17-6-11(7-17)8-18-15(20)10-24-16(18)21/h2-5,11H,6-10H2,1H3. The van der Waals surface area contributed by atoms with Crippen LogP contribution in [0.25, 0.3) is 0 Å². The van der Waals surface area contributed by atoms with E-state index in [-0.39, 0.29) is 37.5 Å². The Balaban J connectivity index is 1.43. The van der Waals surface area contributed by atoms with Gasteiger partial charge < -0.3 is 19.1 Å². The predicted octanol–water partition coefficient (Wildman–Crippen LogP) is 0.511. The Bertz CT molecular complexity index is 640. The number of carbonyl (C=O) groups excluding carboxylic acids is 3. The van der Waals surface area contributed by atoms with Gasteiger partial charge in [-0.05, 0) is 12.1 Å². The fraction of sp³-hybridized carbons (Fsp3) is 0.438. The van der Waals surface area contributed by atoms with Crippen molar-refractivity contribution in [2.75, 3.05) is 40.0 Å². The first-order chi connectivity index (χ1) is 11.6. The van der Waals surface area contributed by atoms with Crippen molar-refractivity contribution in [2.45, 2.75) is 0 Å².